The Balaban J connectivity index is 1.80. The van der Waals surface area contributed by atoms with Crippen molar-refractivity contribution >= 4 is 17.6 Å². The fourth-order valence-corrected chi connectivity index (χ4v) is 2.92. The van der Waals surface area contributed by atoms with Crippen molar-refractivity contribution in [2.75, 3.05) is 11.9 Å². The van der Waals surface area contributed by atoms with E-state index >= 15 is 0 Å². The molecule has 0 saturated heterocycles. The summed E-state index contributed by atoms with van der Waals surface area (Å²) in [6.07, 6.45) is -1.47. The van der Waals surface area contributed by atoms with Gasteiger partial charge in [-0.3, -0.25) is 9.59 Å². The number of benzene rings is 3. The van der Waals surface area contributed by atoms with Crippen LogP contribution in [0.3, 0.4) is 0 Å². The first-order valence-corrected chi connectivity index (χ1v) is 9.59. The van der Waals surface area contributed by atoms with Crippen molar-refractivity contribution in [1.82, 2.24) is 0 Å². The predicted molar refractivity (Wildman–Crippen MR) is 112 cm³/mol. The van der Waals surface area contributed by atoms with Crippen LogP contribution in [0.2, 0.25) is 0 Å². The summed E-state index contributed by atoms with van der Waals surface area (Å²) in [5, 5.41) is 2.76. The minimum Gasteiger partial charge on any atom is -0.492 e. The quantitative estimate of drug-likeness (QED) is 0.550. The molecule has 5 nitrogen and oxygen atoms in total. The van der Waals surface area contributed by atoms with E-state index in [0.29, 0.717) is 23.6 Å². The van der Waals surface area contributed by atoms with E-state index in [0.717, 1.165) is 0 Å². The SMILES string of the molecule is CCOc1ccccc1NC(=O)C(OC(=O)Cc1ccccc1F)c1ccccc1. The zero-order valence-corrected chi connectivity index (χ0v) is 16.5. The number of para-hydroxylation sites is 2. The highest BCUT2D eigenvalue weighted by Gasteiger charge is 2.26. The highest BCUT2D eigenvalue weighted by atomic mass is 19.1. The molecule has 3 aromatic carbocycles. The highest BCUT2D eigenvalue weighted by Crippen LogP contribution is 2.27. The van der Waals surface area contributed by atoms with E-state index in [9.17, 15) is 14.0 Å². The van der Waals surface area contributed by atoms with Crippen molar-refractivity contribution < 1.29 is 23.5 Å². The number of anilines is 1. The summed E-state index contributed by atoms with van der Waals surface area (Å²) in [7, 11) is 0. The molecule has 154 valence electrons. The molecule has 0 aromatic heterocycles. The fourth-order valence-electron chi connectivity index (χ4n) is 2.92. The Bertz CT molecular complexity index is 1010. The summed E-state index contributed by atoms with van der Waals surface area (Å²) in [6, 6.07) is 21.6. The number of halogens is 1. The van der Waals surface area contributed by atoms with Crippen LogP contribution in [-0.4, -0.2) is 18.5 Å². The molecule has 1 atom stereocenters. The van der Waals surface area contributed by atoms with Gasteiger partial charge in [-0.05, 0) is 30.7 Å². The summed E-state index contributed by atoms with van der Waals surface area (Å²) in [5.41, 5.74) is 1.18. The van der Waals surface area contributed by atoms with Crippen LogP contribution in [0.1, 0.15) is 24.2 Å². The lowest BCUT2D eigenvalue weighted by Crippen LogP contribution is -2.26. The summed E-state index contributed by atoms with van der Waals surface area (Å²) < 4.78 is 24.9. The van der Waals surface area contributed by atoms with E-state index in [4.69, 9.17) is 9.47 Å². The number of hydrogen-bond acceptors (Lipinski definition) is 4. The van der Waals surface area contributed by atoms with E-state index in [1.165, 1.54) is 12.1 Å². The normalized spacial score (nSPS) is 11.4. The lowest BCUT2D eigenvalue weighted by atomic mass is 10.1. The van der Waals surface area contributed by atoms with Gasteiger partial charge in [0.05, 0.1) is 18.7 Å². The molecule has 0 aliphatic heterocycles. The summed E-state index contributed by atoms with van der Waals surface area (Å²) in [6.45, 7) is 2.28. The average Bonchev–Trinajstić information content (AvgIpc) is 2.76. The van der Waals surface area contributed by atoms with E-state index in [1.807, 2.05) is 6.92 Å². The lowest BCUT2D eigenvalue weighted by Gasteiger charge is -2.19. The maximum absolute atomic E-state index is 13.9. The first-order chi connectivity index (χ1) is 14.6. The number of nitrogens with one attached hydrogen (secondary N) is 1. The molecule has 30 heavy (non-hydrogen) atoms. The monoisotopic (exact) mass is 407 g/mol. The predicted octanol–water partition coefficient (Wildman–Crippen LogP) is 4.69. The van der Waals surface area contributed by atoms with Crippen LogP contribution < -0.4 is 10.1 Å². The van der Waals surface area contributed by atoms with Crippen molar-refractivity contribution in [2.24, 2.45) is 0 Å². The molecule has 0 saturated carbocycles. The molecule has 0 bridgehead atoms. The minimum absolute atomic E-state index is 0.205. The van der Waals surface area contributed by atoms with Gasteiger partial charge in [0.25, 0.3) is 5.91 Å². The Morgan fingerprint density at radius 1 is 0.933 bits per heavy atom. The zero-order valence-electron chi connectivity index (χ0n) is 16.5. The molecule has 6 heteroatoms. The fraction of sp³-hybridized carbons (Fsp3) is 0.167. The van der Waals surface area contributed by atoms with Crippen molar-refractivity contribution in [2.45, 2.75) is 19.4 Å². The van der Waals surface area contributed by atoms with Gasteiger partial charge in [0.2, 0.25) is 6.10 Å². The maximum atomic E-state index is 13.9. The third-order valence-electron chi connectivity index (χ3n) is 4.33. The Kier molecular flexibility index (Phi) is 7.16. The molecule has 0 heterocycles. The van der Waals surface area contributed by atoms with Gasteiger partial charge in [-0.2, -0.15) is 0 Å². The van der Waals surface area contributed by atoms with Gasteiger partial charge in [0.15, 0.2) is 0 Å². The Hall–Kier alpha value is -3.67. The largest absolute Gasteiger partial charge is 0.492 e. The van der Waals surface area contributed by atoms with Gasteiger partial charge in [-0.15, -0.1) is 0 Å². The van der Waals surface area contributed by atoms with Gasteiger partial charge in [-0.1, -0.05) is 60.7 Å². The number of rotatable bonds is 8. The molecule has 1 N–H and O–H groups in total. The van der Waals surface area contributed by atoms with Crippen LogP contribution in [0.25, 0.3) is 0 Å². The summed E-state index contributed by atoms with van der Waals surface area (Å²) in [5.74, 6) is -1.23. The second-order valence-electron chi connectivity index (χ2n) is 6.47. The third-order valence-corrected chi connectivity index (χ3v) is 4.33. The topological polar surface area (TPSA) is 64.6 Å². The molecule has 0 radical (unpaired) electrons. The molecular formula is C24H22FNO4. The highest BCUT2D eigenvalue weighted by molar-refractivity contribution is 5.97. The van der Waals surface area contributed by atoms with E-state index in [1.54, 1.807) is 66.7 Å². The second-order valence-corrected chi connectivity index (χ2v) is 6.47. The molecule has 1 unspecified atom stereocenters. The number of amides is 1. The number of esters is 1. The Morgan fingerprint density at radius 3 is 2.33 bits per heavy atom. The van der Waals surface area contributed by atoms with Gasteiger partial charge in [0, 0.05) is 5.56 Å². The van der Waals surface area contributed by atoms with Crippen molar-refractivity contribution in [1.29, 1.82) is 0 Å². The molecule has 0 aliphatic rings. The van der Waals surface area contributed by atoms with E-state index in [2.05, 4.69) is 5.32 Å². The van der Waals surface area contributed by atoms with Gasteiger partial charge in [-0.25, -0.2) is 4.39 Å². The number of carbonyl (C=O) groups is 2. The molecule has 0 fully saturated rings. The molecular weight excluding hydrogens is 385 g/mol. The summed E-state index contributed by atoms with van der Waals surface area (Å²) in [4.78, 5) is 25.5. The molecule has 1 amide bonds. The Labute approximate surface area is 174 Å². The van der Waals surface area contributed by atoms with Gasteiger partial charge < -0.3 is 14.8 Å². The summed E-state index contributed by atoms with van der Waals surface area (Å²) >= 11 is 0. The van der Waals surface area contributed by atoms with Crippen molar-refractivity contribution in [3.63, 3.8) is 0 Å². The van der Waals surface area contributed by atoms with Crippen molar-refractivity contribution in [3.8, 4) is 5.75 Å². The zero-order chi connectivity index (χ0) is 21.3. The van der Waals surface area contributed by atoms with E-state index in [-0.39, 0.29) is 12.0 Å². The third kappa shape index (κ3) is 5.44. The van der Waals surface area contributed by atoms with Crippen LogP contribution in [0.4, 0.5) is 10.1 Å². The molecule has 3 rings (SSSR count). The minimum atomic E-state index is -1.19. The van der Waals surface area contributed by atoms with Crippen molar-refractivity contribution in [3.05, 3.63) is 95.8 Å². The number of carbonyl (C=O) groups excluding carboxylic acids is 2. The van der Waals surface area contributed by atoms with Crippen LogP contribution in [0.15, 0.2) is 78.9 Å². The van der Waals surface area contributed by atoms with Gasteiger partial charge >= 0.3 is 5.97 Å². The van der Waals surface area contributed by atoms with Crippen LogP contribution in [0.5, 0.6) is 5.75 Å². The molecule has 0 spiro atoms. The Morgan fingerprint density at radius 2 is 1.60 bits per heavy atom. The van der Waals surface area contributed by atoms with E-state index < -0.39 is 23.8 Å². The second kappa shape index (κ2) is 10.2. The van der Waals surface area contributed by atoms with Crippen LogP contribution >= 0.6 is 0 Å². The maximum Gasteiger partial charge on any atom is 0.311 e. The standard InChI is InChI=1S/C24H22FNO4/c1-2-29-21-15-9-8-14-20(21)26-24(28)23(17-10-4-3-5-11-17)30-22(27)16-18-12-6-7-13-19(18)25/h3-15,23H,2,16H2,1H3,(H,26,28). The molecule has 0 aliphatic carbocycles. The number of ether oxygens (including phenoxy) is 2. The van der Waals surface area contributed by atoms with Crippen LogP contribution in [0, 0.1) is 5.82 Å². The first kappa shape index (κ1) is 21.0. The first-order valence-electron chi connectivity index (χ1n) is 9.59. The smallest absolute Gasteiger partial charge is 0.311 e. The number of hydrogen-bond donors (Lipinski definition) is 1. The molecule has 3 aromatic rings. The van der Waals surface area contributed by atoms with Crippen LogP contribution in [-0.2, 0) is 20.7 Å². The lowest BCUT2D eigenvalue weighted by molar-refractivity contribution is -0.154. The average molecular weight is 407 g/mol. The van der Waals surface area contributed by atoms with Gasteiger partial charge in [0.1, 0.15) is 11.6 Å².